The first-order valence-corrected chi connectivity index (χ1v) is 13.8. The zero-order valence-corrected chi connectivity index (χ0v) is 23.6. The highest BCUT2D eigenvalue weighted by Gasteiger charge is 2.36. The van der Waals surface area contributed by atoms with Crippen molar-refractivity contribution in [1.29, 1.82) is 5.26 Å². The van der Waals surface area contributed by atoms with Crippen LogP contribution in [0.2, 0.25) is 10.0 Å². The third-order valence-corrected chi connectivity index (χ3v) is 7.68. The summed E-state index contributed by atoms with van der Waals surface area (Å²) in [6.45, 7) is 1.65. The van der Waals surface area contributed by atoms with Crippen molar-refractivity contribution in [3.63, 3.8) is 0 Å². The van der Waals surface area contributed by atoms with E-state index in [4.69, 9.17) is 23.2 Å². The van der Waals surface area contributed by atoms with Crippen LogP contribution in [0.15, 0.2) is 94.7 Å². The van der Waals surface area contributed by atoms with Crippen LogP contribution in [0, 0.1) is 11.3 Å². The average molecular weight is 617 g/mol. The van der Waals surface area contributed by atoms with Crippen molar-refractivity contribution in [2.75, 3.05) is 16.4 Å². The van der Waals surface area contributed by atoms with E-state index >= 15 is 0 Å². The van der Waals surface area contributed by atoms with Crippen LogP contribution in [-0.4, -0.2) is 17.6 Å². The Morgan fingerprint density at radius 3 is 2.32 bits per heavy atom. The van der Waals surface area contributed by atoms with E-state index in [1.807, 2.05) is 0 Å². The van der Waals surface area contributed by atoms with Crippen molar-refractivity contribution in [3.05, 3.63) is 116 Å². The van der Waals surface area contributed by atoms with Crippen LogP contribution in [0.25, 0.3) is 0 Å². The number of nitrogens with one attached hydrogen (secondary N) is 3. The number of para-hydroxylation sites is 1. The summed E-state index contributed by atoms with van der Waals surface area (Å²) in [5.41, 5.74) is 0.398. The number of amides is 2. The molecule has 0 unspecified atom stereocenters. The number of halogens is 5. The average Bonchev–Trinajstić information content (AvgIpc) is 2.92. The summed E-state index contributed by atoms with van der Waals surface area (Å²) in [5.74, 6) is -2.39. The minimum atomic E-state index is -4.65. The Balaban J connectivity index is 1.63. The normalized spacial score (nSPS) is 15.2. The first-order valence-electron chi connectivity index (χ1n) is 12.0. The number of hydrogen-bond acceptors (Lipinski definition) is 5. The third kappa shape index (κ3) is 7.06. The molecule has 6 nitrogen and oxygen atoms in total. The summed E-state index contributed by atoms with van der Waals surface area (Å²) >= 11 is 13.4. The Labute approximate surface area is 248 Å². The third-order valence-electron chi connectivity index (χ3n) is 6.06. The fourth-order valence-corrected chi connectivity index (χ4v) is 5.51. The maximum Gasteiger partial charge on any atom is 0.418 e. The molecule has 0 fully saturated rings. The molecular formula is C29H21Cl2F3N4O2S. The molecule has 0 radical (unpaired) electrons. The first kappa shape index (κ1) is 30.1. The predicted molar refractivity (Wildman–Crippen MR) is 155 cm³/mol. The Morgan fingerprint density at radius 1 is 1.00 bits per heavy atom. The van der Waals surface area contributed by atoms with E-state index < -0.39 is 29.5 Å². The molecule has 1 heterocycles. The van der Waals surface area contributed by atoms with E-state index in [2.05, 4.69) is 22.0 Å². The monoisotopic (exact) mass is 616 g/mol. The van der Waals surface area contributed by atoms with Gasteiger partial charge in [-0.15, -0.1) is 0 Å². The molecule has 0 bridgehead atoms. The second-order valence-corrected chi connectivity index (χ2v) is 10.6. The Bertz CT molecular complexity index is 1600. The van der Waals surface area contributed by atoms with Gasteiger partial charge < -0.3 is 16.0 Å². The summed E-state index contributed by atoms with van der Waals surface area (Å²) in [6.07, 6.45) is -4.65. The number of rotatable bonds is 7. The minimum Gasteiger partial charge on any atom is -0.353 e. The van der Waals surface area contributed by atoms with Gasteiger partial charge in [0.1, 0.15) is 0 Å². The molecule has 1 aliphatic heterocycles. The molecule has 41 heavy (non-hydrogen) atoms. The number of anilines is 2. The quantitative estimate of drug-likeness (QED) is 0.253. The lowest BCUT2D eigenvalue weighted by atomic mass is 9.82. The molecule has 4 rings (SSSR count). The van der Waals surface area contributed by atoms with Crippen LogP contribution < -0.4 is 16.0 Å². The largest absolute Gasteiger partial charge is 0.418 e. The molecule has 12 heteroatoms. The summed E-state index contributed by atoms with van der Waals surface area (Å²) in [6, 6.07) is 20.1. The molecule has 0 saturated carbocycles. The molecule has 0 aromatic heterocycles. The van der Waals surface area contributed by atoms with E-state index in [9.17, 15) is 28.0 Å². The molecule has 0 spiro atoms. The van der Waals surface area contributed by atoms with E-state index in [0.717, 1.165) is 23.9 Å². The zero-order chi connectivity index (χ0) is 29.7. The zero-order valence-electron chi connectivity index (χ0n) is 21.3. The topological polar surface area (TPSA) is 94.0 Å². The lowest BCUT2D eigenvalue weighted by Crippen LogP contribution is -2.31. The maximum atomic E-state index is 13.5. The van der Waals surface area contributed by atoms with Crippen molar-refractivity contribution >= 4 is 58.2 Å². The van der Waals surface area contributed by atoms with Gasteiger partial charge in [-0.25, -0.2) is 0 Å². The molecule has 1 aliphatic rings. The van der Waals surface area contributed by atoms with Gasteiger partial charge in [-0.05, 0) is 55.0 Å². The van der Waals surface area contributed by atoms with Crippen LogP contribution in [0.5, 0.6) is 0 Å². The highest BCUT2D eigenvalue weighted by Crippen LogP contribution is 2.43. The second kappa shape index (κ2) is 12.7. The Hall–Kier alpha value is -3.91. The molecule has 3 N–H and O–H groups in total. The van der Waals surface area contributed by atoms with Crippen LogP contribution in [0.4, 0.5) is 24.5 Å². The molecule has 0 aliphatic carbocycles. The molecular weight excluding hydrogens is 596 g/mol. The van der Waals surface area contributed by atoms with Gasteiger partial charge in [0.15, 0.2) is 0 Å². The standard InChI is InChI=1S/C29H21Cl2F3N4O2S/c1-16-25(27(40)37-18-12-10-17(30)11-13-18)26(19-6-2-4-8-22(19)31)20(14-35)28(36-16)41-15-24(39)38-23-9-5-3-7-21(23)29(32,33)34/h2-13,26,36H,15H2,1H3,(H,37,40)(H,38,39)/t26-/m1/s1. The number of carbonyl (C=O) groups excluding carboxylic acids is 2. The summed E-state index contributed by atoms with van der Waals surface area (Å²) < 4.78 is 40.0. The van der Waals surface area contributed by atoms with Gasteiger partial charge in [0, 0.05) is 27.0 Å². The molecule has 3 aromatic carbocycles. The summed E-state index contributed by atoms with van der Waals surface area (Å²) in [5, 5.41) is 19.4. The molecule has 2 amide bonds. The lowest BCUT2D eigenvalue weighted by molar-refractivity contribution is -0.137. The Kier molecular flexibility index (Phi) is 9.33. The van der Waals surface area contributed by atoms with Gasteiger partial charge in [-0.1, -0.05) is 65.3 Å². The van der Waals surface area contributed by atoms with Crippen LogP contribution in [0.1, 0.15) is 24.0 Å². The molecule has 0 saturated heterocycles. The van der Waals surface area contributed by atoms with Crippen molar-refractivity contribution in [2.24, 2.45) is 0 Å². The van der Waals surface area contributed by atoms with E-state index in [1.54, 1.807) is 55.5 Å². The lowest BCUT2D eigenvalue weighted by Gasteiger charge is -2.30. The number of alkyl halides is 3. The number of benzene rings is 3. The summed E-state index contributed by atoms with van der Waals surface area (Å²) in [4.78, 5) is 26.2. The number of allylic oxidation sites excluding steroid dienone is 2. The van der Waals surface area contributed by atoms with Crippen LogP contribution >= 0.6 is 35.0 Å². The van der Waals surface area contributed by atoms with Gasteiger partial charge in [0.25, 0.3) is 5.91 Å². The van der Waals surface area contributed by atoms with E-state index in [0.29, 0.717) is 27.0 Å². The molecule has 1 atom stereocenters. The van der Waals surface area contributed by atoms with Gasteiger partial charge in [-0.3, -0.25) is 9.59 Å². The van der Waals surface area contributed by atoms with Gasteiger partial charge >= 0.3 is 6.18 Å². The van der Waals surface area contributed by atoms with Crippen molar-refractivity contribution in [1.82, 2.24) is 5.32 Å². The Morgan fingerprint density at radius 2 is 1.66 bits per heavy atom. The molecule has 210 valence electrons. The number of nitrogens with zero attached hydrogens (tertiary/aromatic N) is 1. The maximum absolute atomic E-state index is 13.5. The van der Waals surface area contributed by atoms with Crippen LogP contribution in [-0.2, 0) is 15.8 Å². The van der Waals surface area contributed by atoms with Gasteiger partial charge in [0.2, 0.25) is 5.91 Å². The first-order chi connectivity index (χ1) is 19.5. The summed E-state index contributed by atoms with van der Waals surface area (Å²) in [7, 11) is 0. The number of thioether (sulfide) groups is 1. The predicted octanol–water partition coefficient (Wildman–Crippen LogP) is 7.72. The van der Waals surface area contributed by atoms with Crippen molar-refractivity contribution < 1.29 is 22.8 Å². The second-order valence-electron chi connectivity index (χ2n) is 8.81. The number of carbonyl (C=O) groups is 2. The highest BCUT2D eigenvalue weighted by molar-refractivity contribution is 8.03. The SMILES string of the molecule is CC1=C(C(=O)Nc2ccc(Cl)cc2)[C@H](c2ccccc2Cl)C(C#N)=C(SCC(=O)Nc2ccccc2C(F)(F)F)N1. The smallest absolute Gasteiger partial charge is 0.353 e. The van der Waals surface area contributed by atoms with Crippen LogP contribution in [0.3, 0.4) is 0 Å². The highest BCUT2D eigenvalue weighted by atomic mass is 35.5. The fourth-order valence-electron chi connectivity index (χ4n) is 4.24. The van der Waals surface area contributed by atoms with Gasteiger partial charge in [-0.2, -0.15) is 18.4 Å². The van der Waals surface area contributed by atoms with E-state index in [1.165, 1.54) is 12.1 Å². The molecule has 3 aromatic rings. The minimum absolute atomic E-state index is 0.124. The number of nitriles is 1. The van der Waals surface area contributed by atoms with Gasteiger partial charge in [0.05, 0.1) is 39.6 Å². The fraction of sp³-hybridized carbons (Fsp3) is 0.138. The number of dihydropyridines is 1. The number of hydrogen-bond donors (Lipinski definition) is 3. The van der Waals surface area contributed by atoms with Crippen molar-refractivity contribution in [3.8, 4) is 6.07 Å². The van der Waals surface area contributed by atoms with Crippen molar-refractivity contribution in [2.45, 2.75) is 19.0 Å². The van der Waals surface area contributed by atoms with E-state index in [-0.39, 0.29) is 27.6 Å².